The fourth-order valence-electron chi connectivity index (χ4n) is 2.26. The third kappa shape index (κ3) is 2.57. The topological polar surface area (TPSA) is 17.1 Å². The van der Waals surface area contributed by atoms with E-state index in [1.807, 2.05) is 0 Å². The highest BCUT2D eigenvalue weighted by molar-refractivity contribution is 5.95. The van der Waals surface area contributed by atoms with Crippen LogP contribution < -0.4 is 0 Å². The summed E-state index contributed by atoms with van der Waals surface area (Å²) >= 11 is 0. The third-order valence-electron chi connectivity index (χ3n) is 3.24. The fraction of sp³-hybridized carbons (Fsp3) is 0.615. The standard InChI is InChI=1S/C13H20O/c1-4-5-9-13(14)11(3)12-8-6-7-10(12)2/h4,10,12H,1,3,5-9H2,2H3. The van der Waals surface area contributed by atoms with Crippen molar-refractivity contribution in [3.63, 3.8) is 0 Å². The first kappa shape index (κ1) is 11.2. The van der Waals surface area contributed by atoms with Crippen LogP contribution in [0, 0.1) is 11.8 Å². The Morgan fingerprint density at radius 1 is 1.50 bits per heavy atom. The Morgan fingerprint density at radius 2 is 2.21 bits per heavy atom. The number of carbonyl (C=O) groups is 1. The van der Waals surface area contributed by atoms with Gasteiger partial charge in [0.05, 0.1) is 0 Å². The van der Waals surface area contributed by atoms with E-state index in [1.54, 1.807) is 6.08 Å². The highest BCUT2D eigenvalue weighted by Crippen LogP contribution is 2.36. The van der Waals surface area contributed by atoms with Crippen molar-refractivity contribution in [1.82, 2.24) is 0 Å². The zero-order chi connectivity index (χ0) is 10.6. The highest BCUT2D eigenvalue weighted by Gasteiger charge is 2.28. The van der Waals surface area contributed by atoms with Gasteiger partial charge in [-0.15, -0.1) is 6.58 Å². The summed E-state index contributed by atoms with van der Waals surface area (Å²) in [6.07, 6.45) is 6.81. The third-order valence-corrected chi connectivity index (χ3v) is 3.24. The van der Waals surface area contributed by atoms with Crippen LogP contribution >= 0.6 is 0 Å². The zero-order valence-electron chi connectivity index (χ0n) is 9.09. The molecule has 1 fully saturated rings. The molecule has 1 aliphatic carbocycles. The Kier molecular flexibility index (Phi) is 4.12. The minimum atomic E-state index is 0.239. The van der Waals surface area contributed by atoms with Gasteiger partial charge in [0.15, 0.2) is 5.78 Å². The van der Waals surface area contributed by atoms with Gasteiger partial charge >= 0.3 is 0 Å². The summed E-state index contributed by atoms with van der Waals surface area (Å²) in [7, 11) is 0. The molecule has 14 heavy (non-hydrogen) atoms. The van der Waals surface area contributed by atoms with Crippen LogP contribution in [0.1, 0.15) is 39.0 Å². The first-order valence-electron chi connectivity index (χ1n) is 5.49. The molecule has 78 valence electrons. The Morgan fingerprint density at radius 3 is 2.71 bits per heavy atom. The lowest BCUT2D eigenvalue weighted by atomic mass is 9.87. The number of rotatable bonds is 5. The van der Waals surface area contributed by atoms with Crippen LogP contribution in [0.15, 0.2) is 24.8 Å². The van der Waals surface area contributed by atoms with E-state index in [0.29, 0.717) is 18.3 Å². The molecule has 1 saturated carbocycles. The molecule has 0 aromatic rings. The second kappa shape index (κ2) is 5.14. The quantitative estimate of drug-likeness (QED) is 0.481. The molecule has 0 aliphatic heterocycles. The lowest BCUT2D eigenvalue weighted by Crippen LogP contribution is -2.14. The van der Waals surface area contributed by atoms with Crippen molar-refractivity contribution in [1.29, 1.82) is 0 Å². The van der Waals surface area contributed by atoms with E-state index in [1.165, 1.54) is 12.8 Å². The van der Waals surface area contributed by atoms with Crippen LogP contribution in [0.3, 0.4) is 0 Å². The second-order valence-corrected chi connectivity index (χ2v) is 4.29. The molecule has 1 rings (SSSR count). The summed E-state index contributed by atoms with van der Waals surface area (Å²) in [5.74, 6) is 1.34. The summed E-state index contributed by atoms with van der Waals surface area (Å²) in [6.45, 7) is 9.80. The lowest BCUT2D eigenvalue weighted by Gasteiger charge is -2.16. The van der Waals surface area contributed by atoms with E-state index in [9.17, 15) is 4.79 Å². The van der Waals surface area contributed by atoms with Crippen molar-refractivity contribution in [2.24, 2.45) is 11.8 Å². The first-order chi connectivity index (χ1) is 6.66. The average Bonchev–Trinajstić information content (AvgIpc) is 2.59. The molecule has 0 bridgehead atoms. The van der Waals surface area contributed by atoms with E-state index in [0.717, 1.165) is 18.4 Å². The Labute approximate surface area is 86.9 Å². The number of hydrogen-bond donors (Lipinski definition) is 0. The summed E-state index contributed by atoms with van der Waals surface area (Å²) in [6, 6.07) is 0. The number of Topliss-reactive ketones (excluding diaryl/α,β-unsaturated/α-hetero) is 1. The van der Waals surface area contributed by atoms with Crippen molar-refractivity contribution in [2.45, 2.75) is 39.0 Å². The van der Waals surface area contributed by atoms with Crippen LogP contribution in [-0.2, 0) is 4.79 Å². The number of hydrogen-bond acceptors (Lipinski definition) is 1. The van der Waals surface area contributed by atoms with Crippen LogP contribution in [0.25, 0.3) is 0 Å². The molecule has 2 atom stereocenters. The number of carbonyl (C=O) groups excluding carboxylic acids is 1. The van der Waals surface area contributed by atoms with Crippen LogP contribution in [-0.4, -0.2) is 5.78 Å². The summed E-state index contributed by atoms with van der Waals surface area (Å²) in [5, 5.41) is 0. The molecule has 0 aromatic heterocycles. The van der Waals surface area contributed by atoms with Crippen LogP contribution in [0.5, 0.6) is 0 Å². The maximum Gasteiger partial charge on any atom is 0.158 e. The average molecular weight is 192 g/mol. The van der Waals surface area contributed by atoms with Gasteiger partial charge in [0, 0.05) is 6.42 Å². The molecule has 2 unspecified atom stereocenters. The Balaban J connectivity index is 2.47. The van der Waals surface area contributed by atoms with Crippen LogP contribution in [0.4, 0.5) is 0 Å². The minimum absolute atomic E-state index is 0.239. The van der Waals surface area contributed by atoms with Gasteiger partial charge in [0.1, 0.15) is 0 Å². The maximum absolute atomic E-state index is 11.7. The molecule has 1 aliphatic rings. The van der Waals surface area contributed by atoms with Gasteiger partial charge in [-0.1, -0.05) is 32.4 Å². The van der Waals surface area contributed by atoms with Gasteiger partial charge in [0.2, 0.25) is 0 Å². The van der Waals surface area contributed by atoms with Crippen molar-refractivity contribution in [3.8, 4) is 0 Å². The molecule has 0 radical (unpaired) electrons. The lowest BCUT2D eigenvalue weighted by molar-refractivity contribution is -0.116. The van der Waals surface area contributed by atoms with Crippen molar-refractivity contribution in [2.75, 3.05) is 0 Å². The maximum atomic E-state index is 11.7. The zero-order valence-corrected chi connectivity index (χ0v) is 9.09. The van der Waals surface area contributed by atoms with Gasteiger partial charge in [-0.05, 0) is 30.3 Å². The van der Waals surface area contributed by atoms with E-state index >= 15 is 0 Å². The number of ketones is 1. The summed E-state index contributed by atoms with van der Waals surface area (Å²) in [4.78, 5) is 11.7. The molecular formula is C13H20O. The predicted molar refractivity (Wildman–Crippen MR) is 60.1 cm³/mol. The second-order valence-electron chi connectivity index (χ2n) is 4.29. The van der Waals surface area contributed by atoms with E-state index < -0.39 is 0 Å². The van der Waals surface area contributed by atoms with Gasteiger partial charge in [0.25, 0.3) is 0 Å². The highest BCUT2D eigenvalue weighted by atomic mass is 16.1. The largest absolute Gasteiger partial charge is 0.295 e. The fourth-order valence-corrected chi connectivity index (χ4v) is 2.26. The molecule has 1 nitrogen and oxygen atoms in total. The molecule has 0 heterocycles. The van der Waals surface area contributed by atoms with Gasteiger partial charge in [-0.2, -0.15) is 0 Å². The van der Waals surface area contributed by atoms with E-state index in [2.05, 4.69) is 20.1 Å². The molecular weight excluding hydrogens is 172 g/mol. The minimum Gasteiger partial charge on any atom is -0.295 e. The number of allylic oxidation sites excluding steroid dienone is 2. The Bertz CT molecular complexity index is 240. The first-order valence-corrected chi connectivity index (χ1v) is 5.49. The van der Waals surface area contributed by atoms with Gasteiger partial charge in [-0.25, -0.2) is 0 Å². The molecule has 0 spiro atoms. The van der Waals surface area contributed by atoms with E-state index in [-0.39, 0.29) is 5.78 Å². The molecule has 0 saturated heterocycles. The van der Waals surface area contributed by atoms with E-state index in [4.69, 9.17) is 0 Å². The molecule has 0 N–H and O–H groups in total. The molecule has 0 amide bonds. The Hall–Kier alpha value is -0.850. The summed E-state index contributed by atoms with van der Waals surface area (Å²) in [5.41, 5.74) is 0.858. The van der Waals surface area contributed by atoms with Crippen molar-refractivity contribution < 1.29 is 4.79 Å². The van der Waals surface area contributed by atoms with Crippen molar-refractivity contribution >= 4 is 5.78 Å². The molecule has 1 heteroatoms. The smallest absolute Gasteiger partial charge is 0.158 e. The SMILES string of the molecule is C=CCCC(=O)C(=C)C1CCCC1C. The normalized spacial score (nSPS) is 26.1. The van der Waals surface area contributed by atoms with Gasteiger partial charge < -0.3 is 0 Å². The van der Waals surface area contributed by atoms with Crippen LogP contribution in [0.2, 0.25) is 0 Å². The van der Waals surface area contributed by atoms with Gasteiger partial charge in [-0.3, -0.25) is 4.79 Å². The monoisotopic (exact) mass is 192 g/mol. The molecule has 0 aromatic carbocycles. The van der Waals surface area contributed by atoms with Crippen molar-refractivity contribution in [3.05, 3.63) is 24.8 Å². The predicted octanol–water partition coefficient (Wildman–Crippen LogP) is 3.51. The summed E-state index contributed by atoms with van der Waals surface area (Å²) < 4.78 is 0.